The first-order valence-corrected chi connectivity index (χ1v) is 9.70. The summed E-state index contributed by atoms with van der Waals surface area (Å²) in [6.07, 6.45) is 2.32. The maximum Gasteiger partial charge on any atom is 0.317 e. The van der Waals surface area contributed by atoms with Crippen LogP contribution in [0.25, 0.3) is 11.3 Å². The van der Waals surface area contributed by atoms with Crippen molar-refractivity contribution in [1.29, 1.82) is 0 Å². The number of nitrogen functional groups attached to an aromatic ring is 1. The molecule has 3 amide bonds. The maximum absolute atomic E-state index is 12.3. The van der Waals surface area contributed by atoms with Gasteiger partial charge in [0.25, 0.3) is 5.91 Å². The van der Waals surface area contributed by atoms with Crippen molar-refractivity contribution >= 4 is 17.8 Å². The third-order valence-corrected chi connectivity index (χ3v) is 5.46. The number of nitrogens with two attached hydrogens (primary N) is 1. The van der Waals surface area contributed by atoms with Crippen molar-refractivity contribution in [3.63, 3.8) is 0 Å². The fourth-order valence-electron chi connectivity index (χ4n) is 3.97. The summed E-state index contributed by atoms with van der Waals surface area (Å²) < 4.78 is 8.10. The molecule has 2 aromatic rings. The number of likely N-dealkylation sites (tertiary alicyclic amines) is 1. The van der Waals surface area contributed by atoms with Crippen molar-refractivity contribution < 1.29 is 14.3 Å². The molecule has 4 heterocycles. The largest absolute Gasteiger partial charge is 0.383 e. The summed E-state index contributed by atoms with van der Waals surface area (Å²) in [7, 11) is 1.55. The summed E-state index contributed by atoms with van der Waals surface area (Å²) in [5.41, 5.74) is 7.91. The third kappa shape index (κ3) is 3.29. The number of carbonyl (C=O) groups excluding carboxylic acids is 2. The van der Waals surface area contributed by atoms with Gasteiger partial charge in [-0.25, -0.2) is 9.78 Å². The average molecular weight is 399 g/mol. The number of aromatic nitrogens is 3. The summed E-state index contributed by atoms with van der Waals surface area (Å²) in [4.78, 5) is 30.2. The molecule has 0 aromatic carbocycles. The standard InChI is InChI=1S/C19H25N7O3/c1-3-22-18(28)25-5-4-19(11-25)15-9-14(24-26(15)6-7-29-19)12-8-13(17(27)21-2)16(20)23-10-12/h8-10H,3-7,11H2,1-2H3,(H2,20,23)(H,21,27)(H,22,28). The topological polar surface area (TPSA) is 127 Å². The first-order valence-electron chi connectivity index (χ1n) is 9.70. The quantitative estimate of drug-likeness (QED) is 0.692. The van der Waals surface area contributed by atoms with Crippen LogP contribution in [0.4, 0.5) is 10.6 Å². The molecule has 1 fully saturated rings. The fourth-order valence-corrected chi connectivity index (χ4v) is 3.97. The Labute approximate surface area is 168 Å². The molecular weight excluding hydrogens is 374 g/mol. The number of nitrogens with zero attached hydrogens (tertiary/aromatic N) is 4. The zero-order chi connectivity index (χ0) is 20.6. The third-order valence-electron chi connectivity index (χ3n) is 5.46. The first kappa shape index (κ1) is 19.2. The van der Waals surface area contributed by atoms with E-state index in [4.69, 9.17) is 15.6 Å². The van der Waals surface area contributed by atoms with Crippen molar-refractivity contribution in [3.8, 4) is 11.3 Å². The Kier molecular flexibility index (Phi) is 4.87. The Morgan fingerprint density at radius 2 is 2.17 bits per heavy atom. The van der Waals surface area contributed by atoms with Gasteiger partial charge < -0.3 is 26.0 Å². The Morgan fingerprint density at radius 3 is 2.93 bits per heavy atom. The molecule has 4 N–H and O–H groups in total. The van der Waals surface area contributed by atoms with Crippen molar-refractivity contribution in [2.45, 2.75) is 25.5 Å². The molecular formula is C19H25N7O3. The Bertz CT molecular complexity index is 957. The molecule has 1 saturated heterocycles. The van der Waals surface area contributed by atoms with Crippen LogP contribution in [-0.2, 0) is 16.9 Å². The van der Waals surface area contributed by atoms with Gasteiger partial charge in [-0.05, 0) is 19.1 Å². The smallest absolute Gasteiger partial charge is 0.317 e. The molecule has 4 rings (SSSR count). The predicted octanol–water partition coefficient (Wildman–Crippen LogP) is 0.548. The number of carbonyl (C=O) groups is 2. The Balaban J connectivity index is 1.67. The van der Waals surface area contributed by atoms with Crippen LogP contribution in [-0.4, -0.2) is 64.9 Å². The van der Waals surface area contributed by atoms with Crippen LogP contribution in [0.1, 0.15) is 29.4 Å². The van der Waals surface area contributed by atoms with E-state index in [1.807, 2.05) is 17.7 Å². The van der Waals surface area contributed by atoms with E-state index in [-0.39, 0.29) is 17.8 Å². The van der Waals surface area contributed by atoms with Gasteiger partial charge in [0, 0.05) is 38.3 Å². The van der Waals surface area contributed by atoms with E-state index in [9.17, 15) is 9.59 Å². The van der Waals surface area contributed by atoms with Crippen LogP contribution in [0.5, 0.6) is 0 Å². The van der Waals surface area contributed by atoms with Gasteiger partial charge in [0.2, 0.25) is 0 Å². The van der Waals surface area contributed by atoms with Gasteiger partial charge in [-0.15, -0.1) is 0 Å². The number of ether oxygens (including phenoxy) is 1. The van der Waals surface area contributed by atoms with Crippen LogP contribution in [0.15, 0.2) is 18.3 Å². The lowest BCUT2D eigenvalue weighted by molar-refractivity contribution is -0.0701. The second-order valence-corrected chi connectivity index (χ2v) is 7.22. The highest BCUT2D eigenvalue weighted by atomic mass is 16.5. The van der Waals surface area contributed by atoms with Crippen LogP contribution in [0, 0.1) is 0 Å². The van der Waals surface area contributed by atoms with Crippen LogP contribution < -0.4 is 16.4 Å². The van der Waals surface area contributed by atoms with Gasteiger partial charge in [0.05, 0.1) is 36.6 Å². The number of hydrogen-bond donors (Lipinski definition) is 3. The lowest BCUT2D eigenvalue weighted by Crippen LogP contribution is -2.44. The van der Waals surface area contributed by atoms with E-state index in [1.165, 1.54) is 0 Å². The zero-order valence-corrected chi connectivity index (χ0v) is 16.6. The highest BCUT2D eigenvalue weighted by molar-refractivity contribution is 5.99. The summed E-state index contributed by atoms with van der Waals surface area (Å²) in [6.45, 7) is 4.74. The summed E-state index contributed by atoms with van der Waals surface area (Å²) in [5.74, 6) is -0.126. The molecule has 0 saturated carbocycles. The zero-order valence-electron chi connectivity index (χ0n) is 16.6. The number of anilines is 1. The second kappa shape index (κ2) is 7.36. The van der Waals surface area contributed by atoms with E-state index in [2.05, 4.69) is 15.6 Å². The second-order valence-electron chi connectivity index (χ2n) is 7.22. The predicted molar refractivity (Wildman–Crippen MR) is 106 cm³/mol. The average Bonchev–Trinajstić information content (AvgIpc) is 3.34. The minimum absolute atomic E-state index is 0.0807. The molecule has 2 aliphatic rings. The lowest BCUT2D eigenvalue weighted by atomic mass is 9.96. The minimum Gasteiger partial charge on any atom is -0.383 e. The van der Waals surface area contributed by atoms with Crippen molar-refractivity contribution in [1.82, 2.24) is 30.3 Å². The molecule has 1 atom stereocenters. The van der Waals surface area contributed by atoms with Gasteiger partial charge in [0.1, 0.15) is 11.4 Å². The normalized spacial score (nSPS) is 20.6. The summed E-state index contributed by atoms with van der Waals surface area (Å²) in [6, 6.07) is 3.57. The van der Waals surface area contributed by atoms with E-state index >= 15 is 0 Å². The fraction of sp³-hybridized carbons (Fsp3) is 0.474. The summed E-state index contributed by atoms with van der Waals surface area (Å²) in [5, 5.41) is 10.1. The highest BCUT2D eigenvalue weighted by Gasteiger charge is 2.46. The van der Waals surface area contributed by atoms with Crippen LogP contribution in [0.2, 0.25) is 0 Å². The minimum atomic E-state index is -0.570. The maximum atomic E-state index is 12.3. The van der Waals surface area contributed by atoms with E-state index in [1.54, 1.807) is 24.2 Å². The Hall–Kier alpha value is -3.14. The molecule has 1 spiro atoms. The molecule has 29 heavy (non-hydrogen) atoms. The van der Waals surface area contributed by atoms with E-state index in [0.717, 1.165) is 5.69 Å². The highest BCUT2D eigenvalue weighted by Crippen LogP contribution is 2.39. The van der Waals surface area contributed by atoms with Gasteiger partial charge >= 0.3 is 6.03 Å². The van der Waals surface area contributed by atoms with Crippen molar-refractivity contribution in [2.75, 3.05) is 39.0 Å². The molecule has 1 unspecified atom stereocenters. The number of urea groups is 1. The number of rotatable bonds is 3. The molecule has 0 bridgehead atoms. The van der Waals surface area contributed by atoms with Gasteiger partial charge in [0.15, 0.2) is 0 Å². The van der Waals surface area contributed by atoms with E-state index < -0.39 is 5.60 Å². The number of amides is 3. The molecule has 10 heteroatoms. The monoisotopic (exact) mass is 399 g/mol. The molecule has 2 aliphatic heterocycles. The number of pyridine rings is 1. The van der Waals surface area contributed by atoms with Crippen LogP contribution in [0.3, 0.4) is 0 Å². The SMILES string of the molecule is CCNC(=O)N1CCC2(C1)OCCn1nc(-c3cnc(N)c(C(=O)NC)c3)cc12. The summed E-state index contributed by atoms with van der Waals surface area (Å²) >= 11 is 0. The van der Waals surface area contributed by atoms with Gasteiger partial charge in [-0.2, -0.15) is 5.10 Å². The van der Waals surface area contributed by atoms with Crippen molar-refractivity contribution in [2.24, 2.45) is 0 Å². The molecule has 0 radical (unpaired) electrons. The van der Waals surface area contributed by atoms with Gasteiger partial charge in [-0.3, -0.25) is 9.48 Å². The Morgan fingerprint density at radius 1 is 1.34 bits per heavy atom. The number of nitrogens with one attached hydrogen (secondary N) is 2. The van der Waals surface area contributed by atoms with E-state index in [0.29, 0.717) is 56.0 Å². The van der Waals surface area contributed by atoms with Crippen LogP contribution >= 0.6 is 0 Å². The molecule has 2 aromatic heterocycles. The molecule has 0 aliphatic carbocycles. The molecule has 154 valence electrons. The van der Waals surface area contributed by atoms with Gasteiger partial charge in [-0.1, -0.05) is 0 Å². The lowest BCUT2D eigenvalue weighted by Gasteiger charge is -2.34. The number of fused-ring (bicyclic) bond motifs is 2. The van der Waals surface area contributed by atoms with Crippen molar-refractivity contribution in [3.05, 3.63) is 29.6 Å². The number of hydrogen-bond acceptors (Lipinski definition) is 6. The molecule has 10 nitrogen and oxygen atoms in total. The first-order chi connectivity index (χ1) is 14.0.